The van der Waals surface area contributed by atoms with Gasteiger partial charge in [-0.3, -0.25) is 4.79 Å². The zero-order chi connectivity index (χ0) is 26.5. The molecular weight excluding hydrogens is 518 g/mol. The third kappa shape index (κ3) is 6.53. The maximum atomic E-state index is 13.1. The number of anilines is 2. The monoisotopic (exact) mass is 551 g/mol. The minimum Gasteiger partial charge on any atom is -0.497 e. The van der Waals surface area contributed by atoms with Crippen molar-refractivity contribution in [3.63, 3.8) is 0 Å². The van der Waals surface area contributed by atoms with E-state index >= 15 is 0 Å². The van der Waals surface area contributed by atoms with Crippen molar-refractivity contribution < 1.29 is 9.53 Å². The van der Waals surface area contributed by atoms with Crippen LogP contribution in [0.4, 0.5) is 11.5 Å². The molecule has 0 N–H and O–H groups in total. The van der Waals surface area contributed by atoms with Crippen molar-refractivity contribution in [2.45, 2.75) is 30.7 Å². The third-order valence-corrected chi connectivity index (χ3v) is 8.45. The molecule has 200 valence electrons. The number of amides is 1. The Kier molecular flexibility index (Phi) is 8.59. The highest BCUT2D eigenvalue weighted by Crippen LogP contribution is 2.28. The second-order valence-electron chi connectivity index (χ2n) is 9.96. The second kappa shape index (κ2) is 12.3. The minimum absolute atomic E-state index is 0.0808. The van der Waals surface area contributed by atoms with Gasteiger partial charge < -0.3 is 19.4 Å². The van der Waals surface area contributed by atoms with E-state index in [2.05, 4.69) is 33.8 Å². The van der Waals surface area contributed by atoms with E-state index in [0.29, 0.717) is 29.2 Å². The van der Waals surface area contributed by atoms with Gasteiger partial charge in [0.25, 0.3) is 5.91 Å². The van der Waals surface area contributed by atoms with Crippen molar-refractivity contribution >= 4 is 40.8 Å². The summed E-state index contributed by atoms with van der Waals surface area (Å²) in [4.78, 5) is 28.8. The molecule has 0 aliphatic carbocycles. The molecule has 2 aliphatic rings. The lowest BCUT2D eigenvalue weighted by Crippen LogP contribution is -2.48. The van der Waals surface area contributed by atoms with Crippen molar-refractivity contribution in [2.24, 2.45) is 5.92 Å². The number of hydrogen-bond acceptors (Lipinski definition) is 7. The molecule has 0 bridgehead atoms. The van der Waals surface area contributed by atoms with Gasteiger partial charge in [-0.15, -0.1) is 0 Å². The molecule has 3 heterocycles. The van der Waals surface area contributed by atoms with Gasteiger partial charge in [0.2, 0.25) is 0 Å². The van der Waals surface area contributed by atoms with Crippen molar-refractivity contribution in [1.29, 1.82) is 0 Å². The van der Waals surface area contributed by atoms with Crippen LogP contribution >= 0.6 is 23.4 Å². The van der Waals surface area contributed by atoms with Gasteiger partial charge >= 0.3 is 0 Å². The number of halogens is 1. The van der Waals surface area contributed by atoms with Crippen LogP contribution in [-0.2, 0) is 5.75 Å². The fraction of sp³-hybridized carbons (Fsp3) is 0.414. The van der Waals surface area contributed by atoms with Crippen molar-refractivity contribution in [3.8, 4) is 5.75 Å². The fourth-order valence-electron chi connectivity index (χ4n) is 4.88. The summed E-state index contributed by atoms with van der Waals surface area (Å²) < 4.78 is 5.25. The van der Waals surface area contributed by atoms with Crippen LogP contribution in [-0.4, -0.2) is 67.2 Å². The van der Waals surface area contributed by atoms with E-state index in [1.54, 1.807) is 18.9 Å². The average Bonchev–Trinajstić information content (AvgIpc) is 2.96. The van der Waals surface area contributed by atoms with Gasteiger partial charge in [-0.1, -0.05) is 42.4 Å². The van der Waals surface area contributed by atoms with E-state index in [-0.39, 0.29) is 5.91 Å². The van der Waals surface area contributed by atoms with E-state index in [1.807, 2.05) is 47.4 Å². The molecule has 0 radical (unpaired) electrons. The predicted molar refractivity (Wildman–Crippen MR) is 155 cm³/mol. The lowest BCUT2D eigenvalue weighted by molar-refractivity contribution is 0.0747. The summed E-state index contributed by atoms with van der Waals surface area (Å²) in [5.41, 5.74) is 2.99. The smallest absolute Gasteiger partial charge is 0.253 e. The molecule has 0 unspecified atom stereocenters. The zero-order valence-electron chi connectivity index (χ0n) is 22.0. The van der Waals surface area contributed by atoms with Crippen LogP contribution in [0.3, 0.4) is 0 Å². The molecule has 0 saturated carbocycles. The van der Waals surface area contributed by atoms with Crippen LogP contribution < -0.4 is 14.5 Å². The van der Waals surface area contributed by atoms with Gasteiger partial charge in [-0.25, -0.2) is 9.97 Å². The Bertz CT molecular complexity index is 1220. The largest absolute Gasteiger partial charge is 0.497 e. The Balaban J connectivity index is 1.14. The predicted octanol–water partition coefficient (Wildman–Crippen LogP) is 5.63. The van der Waals surface area contributed by atoms with Gasteiger partial charge in [0, 0.05) is 62.3 Å². The molecule has 2 aliphatic heterocycles. The number of benzene rings is 2. The normalized spacial score (nSPS) is 16.6. The van der Waals surface area contributed by atoms with Gasteiger partial charge in [0.15, 0.2) is 5.16 Å². The van der Waals surface area contributed by atoms with E-state index in [4.69, 9.17) is 21.3 Å². The standard InChI is InChI=1S/C29H34ClN5O2S/c1-21-11-13-34(14-12-21)27-19-26(30)31-29(32-27)38-20-22-3-5-23(6-4-22)28(36)35-17-15-33(16-18-35)24-7-9-25(37-2)10-8-24/h3-10,19,21H,11-18,20H2,1-2H3. The molecule has 2 saturated heterocycles. The first-order valence-corrected chi connectivity index (χ1v) is 14.5. The first kappa shape index (κ1) is 26.6. The summed E-state index contributed by atoms with van der Waals surface area (Å²) in [6.07, 6.45) is 2.35. The van der Waals surface area contributed by atoms with Gasteiger partial charge in [-0.05, 0) is 60.7 Å². The van der Waals surface area contributed by atoms with E-state index in [9.17, 15) is 4.79 Å². The minimum atomic E-state index is 0.0808. The Morgan fingerprint density at radius 1 is 0.947 bits per heavy atom. The topological polar surface area (TPSA) is 61.8 Å². The van der Waals surface area contributed by atoms with Gasteiger partial charge in [-0.2, -0.15) is 0 Å². The zero-order valence-corrected chi connectivity index (χ0v) is 23.5. The third-order valence-electron chi connectivity index (χ3n) is 7.34. The molecule has 0 atom stereocenters. The quantitative estimate of drug-likeness (QED) is 0.214. The lowest BCUT2D eigenvalue weighted by Gasteiger charge is -2.36. The maximum absolute atomic E-state index is 13.1. The number of nitrogens with zero attached hydrogens (tertiary/aromatic N) is 5. The molecule has 1 aromatic heterocycles. The number of methoxy groups -OCH3 is 1. The first-order chi connectivity index (χ1) is 18.5. The van der Waals surface area contributed by atoms with Crippen molar-refractivity contribution in [3.05, 3.63) is 70.9 Å². The summed E-state index contributed by atoms with van der Waals surface area (Å²) in [7, 11) is 1.67. The highest BCUT2D eigenvalue weighted by atomic mass is 35.5. The number of hydrogen-bond donors (Lipinski definition) is 0. The molecule has 2 aromatic carbocycles. The van der Waals surface area contributed by atoms with Crippen LogP contribution in [0, 0.1) is 5.92 Å². The Labute approximate surface area is 234 Å². The number of piperidine rings is 1. The van der Waals surface area contributed by atoms with Crippen molar-refractivity contribution in [1.82, 2.24) is 14.9 Å². The molecular formula is C29H34ClN5O2S. The fourth-order valence-corrected chi connectivity index (χ4v) is 5.92. The molecule has 3 aromatic rings. The summed E-state index contributed by atoms with van der Waals surface area (Å²) in [5.74, 6) is 3.31. The van der Waals surface area contributed by atoms with E-state index in [1.165, 1.54) is 12.8 Å². The molecule has 1 amide bonds. The summed E-state index contributed by atoms with van der Waals surface area (Å²) in [6, 6.07) is 17.8. The number of aromatic nitrogens is 2. The SMILES string of the molecule is COc1ccc(N2CCN(C(=O)c3ccc(CSc4nc(Cl)cc(N5CCC(C)CC5)n4)cc3)CC2)cc1. The summed E-state index contributed by atoms with van der Waals surface area (Å²) >= 11 is 7.89. The molecule has 38 heavy (non-hydrogen) atoms. The number of carbonyl (C=O) groups is 1. The molecule has 2 fully saturated rings. The summed E-state index contributed by atoms with van der Waals surface area (Å²) in [6.45, 7) is 7.33. The highest BCUT2D eigenvalue weighted by molar-refractivity contribution is 7.98. The van der Waals surface area contributed by atoms with Gasteiger partial charge in [0.05, 0.1) is 7.11 Å². The number of ether oxygens (including phenoxy) is 1. The van der Waals surface area contributed by atoms with E-state index < -0.39 is 0 Å². The molecule has 5 rings (SSSR count). The maximum Gasteiger partial charge on any atom is 0.253 e. The van der Waals surface area contributed by atoms with Crippen LogP contribution in [0.5, 0.6) is 5.75 Å². The second-order valence-corrected chi connectivity index (χ2v) is 11.3. The lowest BCUT2D eigenvalue weighted by atomic mass is 9.99. The number of piperazine rings is 1. The Hall–Kier alpha value is -2.97. The number of rotatable bonds is 7. The highest BCUT2D eigenvalue weighted by Gasteiger charge is 2.23. The molecule has 9 heteroatoms. The Morgan fingerprint density at radius 2 is 1.63 bits per heavy atom. The van der Waals surface area contributed by atoms with E-state index in [0.717, 1.165) is 60.5 Å². The first-order valence-electron chi connectivity index (χ1n) is 13.2. The number of thioether (sulfide) groups is 1. The van der Waals surface area contributed by atoms with Crippen LogP contribution in [0.15, 0.2) is 59.8 Å². The van der Waals surface area contributed by atoms with Gasteiger partial charge in [0.1, 0.15) is 16.7 Å². The number of carbonyl (C=O) groups excluding carboxylic acids is 1. The summed E-state index contributed by atoms with van der Waals surface area (Å²) in [5, 5.41) is 1.16. The molecule has 0 spiro atoms. The Morgan fingerprint density at radius 3 is 2.29 bits per heavy atom. The van der Waals surface area contributed by atoms with Crippen LogP contribution in [0.25, 0.3) is 0 Å². The van der Waals surface area contributed by atoms with Crippen molar-refractivity contribution in [2.75, 3.05) is 56.2 Å². The van der Waals surface area contributed by atoms with Crippen LogP contribution in [0.2, 0.25) is 5.15 Å². The van der Waals surface area contributed by atoms with Crippen LogP contribution in [0.1, 0.15) is 35.7 Å². The average molecular weight is 552 g/mol. The molecule has 7 nitrogen and oxygen atoms in total.